The highest BCUT2D eigenvalue weighted by Gasteiger charge is 2.19. The molecule has 4 rings (SSSR count). The van der Waals surface area contributed by atoms with Gasteiger partial charge in [0, 0.05) is 5.69 Å². The maximum Gasteiger partial charge on any atom is 0.234 e. The van der Waals surface area contributed by atoms with E-state index in [2.05, 4.69) is 15.5 Å². The molecule has 0 radical (unpaired) electrons. The van der Waals surface area contributed by atoms with Gasteiger partial charge in [0.2, 0.25) is 11.7 Å². The van der Waals surface area contributed by atoms with Gasteiger partial charge in [0.25, 0.3) is 0 Å². The van der Waals surface area contributed by atoms with Gasteiger partial charge in [0.1, 0.15) is 11.6 Å². The molecule has 0 aliphatic rings. The fraction of sp³-hybridized carbons (Fsp3) is 0.0952. The van der Waals surface area contributed by atoms with E-state index >= 15 is 0 Å². The van der Waals surface area contributed by atoms with Crippen molar-refractivity contribution in [2.75, 3.05) is 18.2 Å². The Kier molecular flexibility index (Phi) is 6.24. The van der Waals surface area contributed by atoms with E-state index in [1.165, 1.54) is 30.0 Å². The molecule has 2 aromatic carbocycles. The number of anilines is 1. The molecule has 4 aromatic rings. The van der Waals surface area contributed by atoms with Crippen molar-refractivity contribution in [3.05, 3.63) is 71.7 Å². The second-order valence-electron chi connectivity index (χ2n) is 6.28. The molecule has 0 spiro atoms. The summed E-state index contributed by atoms with van der Waals surface area (Å²) in [7, 11) is 1.59. The van der Waals surface area contributed by atoms with Crippen molar-refractivity contribution in [3.63, 3.8) is 0 Å². The van der Waals surface area contributed by atoms with Crippen LogP contribution < -0.4 is 10.1 Å². The van der Waals surface area contributed by atoms with Gasteiger partial charge in [-0.25, -0.2) is 4.39 Å². The van der Waals surface area contributed by atoms with E-state index in [9.17, 15) is 9.18 Å². The number of hydrogen-bond acceptors (Lipinski definition) is 6. The summed E-state index contributed by atoms with van der Waals surface area (Å²) in [6, 6.07) is 14.9. The first-order chi connectivity index (χ1) is 15.0. The molecule has 1 amide bonds. The normalized spacial score (nSPS) is 10.8. The predicted octanol–water partition coefficient (Wildman–Crippen LogP) is 5.06. The second kappa shape index (κ2) is 9.23. The minimum Gasteiger partial charge on any atom is -0.497 e. The number of halogens is 2. The Labute approximate surface area is 186 Å². The Morgan fingerprint density at radius 2 is 2.03 bits per heavy atom. The number of aromatic nitrogens is 3. The Morgan fingerprint density at radius 1 is 1.23 bits per heavy atom. The molecule has 2 aromatic heterocycles. The standard InChI is InChI=1S/C21H16ClFN4O3S/c1-29-15-7-5-14(6-8-15)27-20(18-3-2-10-30-18)25-26-21(27)31-12-19(28)24-13-4-9-17(23)16(22)11-13/h2-11H,12H2,1H3,(H,24,28). The van der Waals surface area contributed by atoms with Crippen LogP contribution in [0.25, 0.3) is 17.3 Å². The number of furan rings is 1. The number of carbonyl (C=O) groups excluding carboxylic acids is 1. The molecule has 31 heavy (non-hydrogen) atoms. The quantitative estimate of drug-likeness (QED) is 0.390. The van der Waals surface area contributed by atoms with Crippen molar-refractivity contribution >= 4 is 35.0 Å². The number of nitrogens with one attached hydrogen (secondary N) is 1. The van der Waals surface area contributed by atoms with E-state index in [1.807, 2.05) is 24.3 Å². The van der Waals surface area contributed by atoms with E-state index in [1.54, 1.807) is 30.1 Å². The smallest absolute Gasteiger partial charge is 0.234 e. The molecule has 0 fully saturated rings. The number of benzene rings is 2. The second-order valence-corrected chi connectivity index (χ2v) is 7.63. The van der Waals surface area contributed by atoms with Crippen LogP contribution in [0.3, 0.4) is 0 Å². The average Bonchev–Trinajstić information content (AvgIpc) is 3.44. The number of nitrogens with zero attached hydrogens (tertiary/aromatic N) is 3. The lowest BCUT2D eigenvalue weighted by atomic mass is 10.3. The summed E-state index contributed by atoms with van der Waals surface area (Å²) in [4.78, 5) is 12.4. The summed E-state index contributed by atoms with van der Waals surface area (Å²) in [5.41, 5.74) is 1.19. The maximum atomic E-state index is 13.3. The van der Waals surface area contributed by atoms with Gasteiger partial charge in [-0.15, -0.1) is 10.2 Å². The SMILES string of the molecule is COc1ccc(-n2c(SCC(=O)Nc3ccc(F)c(Cl)c3)nnc2-c2ccco2)cc1. The zero-order chi connectivity index (χ0) is 21.8. The van der Waals surface area contributed by atoms with Crippen LogP contribution in [0.4, 0.5) is 10.1 Å². The fourth-order valence-corrected chi connectivity index (χ4v) is 3.73. The minimum atomic E-state index is -0.549. The summed E-state index contributed by atoms with van der Waals surface area (Å²) in [6.07, 6.45) is 1.55. The molecule has 0 unspecified atom stereocenters. The van der Waals surface area contributed by atoms with E-state index < -0.39 is 5.82 Å². The third kappa shape index (κ3) is 4.73. The molecule has 0 bridgehead atoms. The molecule has 0 saturated heterocycles. The molecular weight excluding hydrogens is 443 g/mol. The summed E-state index contributed by atoms with van der Waals surface area (Å²) in [5, 5.41) is 11.6. The zero-order valence-electron chi connectivity index (χ0n) is 16.2. The highest BCUT2D eigenvalue weighted by Crippen LogP contribution is 2.29. The number of ether oxygens (including phenoxy) is 1. The molecule has 158 valence electrons. The Hall–Kier alpha value is -3.30. The number of hydrogen-bond donors (Lipinski definition) is 1. The van der Waals surface area contributed by atoms with Crippen LogP contribution in [0.15, 0.2) is 70.4 Å². The van der Waals surface area contributed by atoms with Crippen molar-refractivity contribution in [3.8, 4) is 23.0 Å². The van der Waals surface area contributed by atoms with Crippen molar-refractivity contribution in [2.24, 2.45) is 0 Å². The molecule has 10 heteroatoms. The molecule has 1 N–H and O–H groups in total. The van der Waals surface area contributed by atoms with Crippen LogP contribution in [0, 0.1) is 5.82 Å². The lowest BCUT2D eigenvalue weighted by Gasteiger charge is -2.10. The molecule has 0 aliphatic heterocycles. The fourth-order valence-electron chi connectivity index (χ4n) is 2.79. The van der Waals surface area contributed by atoms with Crippen LogP contribution >= 0.6 is 23.4 Å². The van der Waals surface area contributed by atoms with Crippen molar-refractivity contribution in [2.45, 2.75) is 5.16 Å². The highest BCUT2D eigenvalue weighted by molar-refractivity contribution is 7.99. The summed E-state index contributed by atoms with van der Waals surface area (Å²) < 4.78 is 25.8. The van der Waals surface area contributed by atoms with Gasteiger partial charge < -0.3 is 14.5 Å². The lowest BCUT2D eigenvalue weighted by Crippen LogP contribution is -2.14. The summed E-state index contributed by atoms with van der Waals surface area (Å²) in [6.45, 7) is 0. The molecule has 0 aliphatic carbocycles. The number of amides is 1. The summed E-state index contributed by atoms with van der Waals surface area (Å²) >= 11 is 6.96. The average molecular weight is 459 g/mol. The first-order valence-electron chi connectivity index (χ1n) is 9.06. The van der Waals surface area contributed by atoms with Gasteiger partial charge in [-0.05, 0) is 54.6 Å². The largest absolute Gasteiger partial charge is 0.497 e. The topological polar surface area (TPSA) is 82.2 Å². The molecule has 2 heterocycles. The third-order valence-corrected chi connectivity index (χ3v) is 5.46. The molecule has 7 nitrogen and oxygen atoms in total. The van der Waals surface area contributed by atoms with E-state index in [4.69, 9.17) is 20.8 Å². The van der Waals surface area contributed by atoms with Crippen LogP contribution in [0.5, 0.6) is 5.75 Å². The third-order valence-electron chi connectivity index (χ3n) is 4.24. The van der Waals surface area contributed by atoms with E-state index in [0.29, 0.717) is 28.2 Å². The Balaban J connectivity index is 1.56. The summed E-state index contributed by atoms with van der Waals surface area (Å²) in [5.74, 6) is 0.969. The first kappa shape index (κ1) is 21.0. The number of rotatable bonds is 7. The van der Waals surface area contributed by atoms with Crippen LogP contribution in [-0.4, -0.2) is 33.5 Å². The highest BCUT2D eigenvalue weighted by atomic mass is 35.5. The van der Waals surface area contributed by atoms with Gasteiger partial charge in [-0.3, -0.25) is 9.36 Å². The van der Waals surface area contributed by atoms with Crippen molar-refractivity contribution in [1.29, 1.82) is 0 Å². The Bertz CT molecular complexity index is 1200. The molecule has 0 atom stereocenters. The first-order valence-corrected chi connectivity index (χ1v) is 10.4. The number of thioether (sulfide) groups is 1. The number of methoxy groups -OCH3 is 1. The van der Waals surface area contributed by atoms with E-state index in [0.717, 1.165) is 5.69 Å². The van der Waals surface area contributed by atoms with Crippen LogP contribution in [-0.2, 0) is 4.79 Å². The number of carbonyl (C=O) groups is 1. The Morgan fingerprint density at radius 3 is 2.71 bits per heavy atom. The van der Waals surface area contributed by atoms with Crippen LogP contribution in [0.2, 0.25) is 5.02 Å². The van der Waals surface area contributed by atoms with Gasteiger partial charge >= 0.3 is 0 Å². The van der Waals surface area contributed by atoms with Crippen molar-refractivity contribution in [1.82, 2.24) is 14.8 Å². The van der Waals surface area contributed by atoms with Gasteiger partial charge in [0.05, 0.1) is 29.8 Å². The lowest BCUT2D eigenvalue weighted by molar-refractivity contribution is -0.113. The molecular formula is C21H16ClFN4O3S. The van der Waals surface area contributed by atoms with Gasteiger partial charge in [-0.1, -0.05) is 23.4 Å². The molecule has 0 saturated carbocycles. The van der Waals surface area contributed by atoms with Gasteiger partial charge in [-0.2, -0.15) is 0 Å². The monoisotopic (exact) mass is 458 g/mol. The van der Waals surface area contributed by atoms with Crippen LogP contribution in [0.1, 0.15) is 0 Å². The maximum absolute atomic E-state index is 13.3. The van der Waals surface area contributed by atoms with E-state index in [-0.39, 0.29) is 16.7 Å². The van der Waals surface area contributed by atoms with Crippen molar-refractivity contribution < 1.29 is 18.3 Å². The van der Waals surface area contributed by atoms with Gasteiger partial charge in [0.15, 0.2) is 10.9 Å². The zero-order valence-corrected chi connectivity index (χ0v) is 17.8. The predicted molar refractivity (Wildman–Crippen MR) is 116 cm³/mol. The minimum absolute atomic E-state index is 0.0570.